The van der Waals surface area contributed by atoms with Crippen molar-refractivity contribution in [2.75, 3.05) is 20.3 Å². The van der Waals surface area contributed by atoms with Gasteiger partial charge in [-0.1, -0.05) is 48.5 Å². The first-order chi connectivity index (χ1) is 12.5. The molecule has 0 aromatic heterocycles. The van der Waals surface area contributed by atoms with Crippen LogP contribution in [0.15, 0.2) is 48.5 Å². The maximum atomic E-state index is 12.2. The lowest BCUT2D eigenvalue weighted by Crippen LogP contribution is -2.55. The number of carbonyl (C=O) groups is 2. The van der Waals surface area contributed by atoms with Gasteiger partial charge in [-0.25, -0.2) is 9.59 Å². The molecule has 0 spiro atoms. The number of carboxylic acid groups (broad SMARTS) is 1. The summed E-state index contributed by atoms with van der Waals surface area (Å²) in [6, 6.07) is 16.0. The molecule has 2 aromatic carbocycles. The third kappa shape index (κ3) is 3.28. The number of methoxy groups -OCH3 is 1. The number of nitrogens with one attached hydrogen (secondary N) is 1. The molecule has 0 bridgehead atoms. The molecule has 0 saturated carbocycles. The van der Waals surface area contributed by atoms with Crippen molar-refractivity contribution >= 4 is 12.1 Å². The van der Waals surface area contributed by atoms with Crippen LogP contribution in [-0.4, -0.2) is 43.0 Å². The lowest BCUT2D eigenvalue weighted by molar-refractivity contribution is -0.146. The highest BCUT2D eigenvalue weighted by molar-refractivity contribution is 5.84. The lowest BCUT2D eigenvalue weighted by Gasteiger charge is -2.25. The second-order valence-corrected chi connectivity index (χ2v) is 6.52. The number of carbonyl (C=O) groups excluding carboxylic acids is 1. The molecule has 0 aliphatic heterocycles. The fraction of sp³-hybridized carbons (Fsp3) is 0.300. The van der Waals surface area contributed by atoms with Gasteiger partial charge in [-0.05, 0) is 29.2 Å². The van der Waals surface area contributed by atoms with Crippen LogP contribution in [0.4, 0.5) is 4.79 Å². The normalized spacial score (nSPS) is 14.8. The molecule has 0 saturated heterocycles. The minimum atomic E-state index is -1.54. The molecule has 1 amide bonds. The third-order valence-electron chi connectivity index (χ3n) is 4.63. The molecule has 1 atom stereocenters. The van der Waals surface area contributed by atoms with Crippen molar-refractivity contribution in [2.24, 2.45) is 0 Å². The molecule has 2 N–H and O–H groups in total. The molecule has 1 unspecified atom stereocenters. The van der Waals surface area contributed by atoms with E-state index in [4.69, 9.17) is 9.47 Å². The van der Waals surface area contributed by atoms with E-state index in [0.29, 0.717) is 0 Å². The summed E-state index contributed by atoms with van der Waals surface area (Å²) in [5.41, 5.74) is 2.91. The summed E-state index contributed by atoms with van der Waals surface area (Å²) in [6.45, 7) is 1.34. The molecule has 2 aromatic rings. The Hall–Kier alpha value is -2.86. The van der Waals surface area contributed by atoms with E-state index in [9.17, 15) is 14.7 Å². The van der Waals surface area contributed by atoms with E-state index in [1.165, 1.54) is 14.0 Å². The zero-order valence-corrected chi connectivity index (χ0v) is 14.7. The Morgan fingerprint density at radius 1 is 1.08 bits per heavy atom. The number of fused-ring (bicyclic) bond motifs is 3. The lowest BCUT2D eigenvalue weighted by atomic mass is 9.98. The topological polar surface area (TPSA) is 84.9 Å². The number of hydrogen-bond donors (Lipinski definition) is 2. The summed E-state index contributed by atoms with van der Waals surface area (Å²) >= 11 is 0. The molecule has 0 radical (unpaired) electrons. The molecular formula is C20H21NO5. The van der Waals surface area contributed by atoms with E-state index in [0.717, 1.165) is 22.3 Å². The van der Waals surface area contributed by atoms with Gasteiger partial charge in [-0.3, -0.25) is 0 Å². The number of carboxylic acids is 1. The monoisotopic (exact) mass is 355 g/mol. The molecule has 6 nitrogen and oxygen atoms in total. The van der Waals surface area contributed by atoms with Gasteiger partial charge in [0, 0.05) is 13.0 Å². The smallest absolute Gasteiger partial charge is 0.408 e. The van der Waals surface area contributed by atoms with E-state index in [-0.39, 0.29) is 19.1 Å². The summed E-state index contributed by atoms with van der Waals surface area (Å²) in [7, 11) is 1.38. The van der Waals surface area contributed by atoms with Crippen LogP contribution >= 0.6 is 0 Å². The van der Waals surface area contributed by atoms with E-state index < -0.39 is 17.6 Å². The molecular weight excluding hydrogens is 334 g/mol. The molecule has 0 fully saturated rings. The minimum absolute atomic E-state index is 0.0772. The number of benzene rings is 2. The van der Waals surface area contributed by atoms with Crippen LogP contribution in [0.2, 0.25) is 0 Å². The average Bonchev–Trinajstić information content (AvgIpc) is 2.94. The van der Waals surface area contributed by atoms with Crippen LogP contribution in [0.3, 0.4) is 0 Å². The minimum Gasteiger partial charge on any atom is -0.479 e. The molecule has 1 aliphatic carbocycles. The number of ether oxygens (including phenoxy) is 2. The van der Waals surface area contributed by atoms with Gasteiger partial charge in [-0.2, -0.15) is 0 Å². The summed E-state index contributed by atoms with van der Waals surface area (Å²) in [4.78, 5) is 23.6. The number of amides is 1. The van der Waals surface area contributed by atoms with Gasteiger partial charge in [0.15, 0.2) is 5.54 Å². The Bertz CT molecular complexity index is 789. The molecule has 26 heavy (non-hydrogen) atoms. The van der Waals surface area contributed by atoms with Gasteiger partial charge >= 0.3 is 12.1 Å². The van der Waals surface area contributed by atoms with Gasteiger partial charge in [0.05, 0.1) is 6.61 Å². The highest BCUT2D eigenvalue weighted by atomic mass is 16.5. The van der Waals surface area contributed by atoms with Gasteiger partial charge < -0.3 is 19.9 Å². The summed E-state index contributed by atoms with van der Waals surface area (Å²) in [6.07, 6.45) is -0.784. The Kier molecular flexibility index (Phi) is 4.95. The average molecular weight is 355 g/mol. The van der Waals surface area contributed by atoms with Crippen LogP contribution in [-0.2, 0) is 14.3 Å². The van der Waals surface area contributed by atoms with E-state index >= 15 is 0 Å². The standard InChI is InChI=1S/C20H21NO5/c1-20(12-25-2,18(22)23)21-19(24)26-11-17-15-9-5-3-7-13(15)14-8-4-6-10-16(14)17/h3-10,17H,11-12H2,1-2H3,(H,21,24)(H,22,23). The second kappa shape index (κ2) is 7.17. The fourth-order valence-corrected chi connectivity index (χ4v) is 3.30. The predicted octanol–water partition coefficient (Wildman–Crippen LogP) is 3.01. The Morgan fingerprint density at radius 2 is 1.62 bits per heavy atom. The van der Waals surface area contributed by atoms with E-state index in [2.05, 4.69) is 5.32 Å². The maximum absolute atomic E-state index is 12.2. The Morgan fingerprint density at radius 3 is 2.12 bits per heavy atom. The van der Waals surface area contributed by atoms with Gasteiger partial charge in [0.25, 0.3) is 0 Å². The van der Waals surface area contributed by atoms with Gasteiger partial charge in [0.1, 0.15) is 6.61 Å². The number of rotatable bonds is 6. The first kappa shape index (κ1) is 17.9. The fourth-order valence-electron chi connectivity index (χ4n) is 3.30. The van der Waals surface area contributed by atoms with E-state index in [1.54, 1.807) is 0 Å². The number of alkyl carbamates (subject to hydrolysis) is 1. The van der Waals surface area contributed by atoms with Crippen molar-refractivity contribution in [3.63, 3.8) is 0 Å². The van der Waals surface area contributed by atoms with Gasteiger partial charge in [0.2, 0.25) is 0 Å². The zero-order valence-electron chi connectivity index (χ0n) is 14.7. The summed E-state index contributed by atoms with van der Waals surface area (Å²) in [5.74, 6) is -1.26. The van der Waals surface area contributed by atoms with Crippen LogP contribution in [0.1, 0.15) is 24.0 Å². The van der Waals surface area contributed by atoms with Crippen molar-refractivity contribution < 1.29 is 24.2 Å². The van der Waals surface area contributed by atoms with Crippen molar-refractivity contribution in [1.82, 2.24) is 5.32 Å². The number of hydrogen-bond acceptors (Lipinski definition) is 4. The van der Waals surface area contributed by atoms with E-state index in [1.807, 2.05) is 48.5 Å². The quantitative estimate of drug-likeness (QED) is 0.832. The largest absolute Gasteiger partial charge is 0.479 e. The SMILES string of the molecule is COCC(C)(NC(=O)OCC1c2ccccc2-c2ccccc21)C(=O)O. The van der Waals surface area contributed by atoms with Gasteiger partial charge in [-0.15, -0.1) is 0 Å². The van der Waals surface area contributed by atoms with Crippen LogP contribution in [0, 0.1) is 0 Å². The molecule has 6 heteroatoms. The Balaban J connectivity index is 1.74. The van der Waals surface area contributed by atoms with Crippen LogP contribution < -0.4 is 5.32 Å². The third-order valence-corrected chi connectivity index (χ3v) is 4.63. The molecule has 1 aliphatic rings. The van der Waals surface area contributed by atoms with Crippen LogP contribution in [0.25, 0.3) is 11.1 Å². The highest BCUT2D eigenvalue weighted by Crippen LogP contribution is 2.44. The molecule has 136 valence electrons. The maximum Gasteiger partial charge on any atom is 0.408 e. The number of aliphatic carboxylic acids is 1. The van der Waals surface area contributed by atoms with Crippen molar-refractivity contribution in [1.29, 1.82) is 0 Å². The Labute approximate surface area is 151 Å². The van der Waals surface area contributed by atoms with Crippen molar-refractivity contribution in [3.8, 4) is 11.1 Å². The molecule has 3 rings (SSSR count). The first-order valence-corrected chi connectivity index (χ1v) is 8.32. The van der Waals surface area contributed by atoms with Crippen molar-refractivity contribution in [2.45, 2.75) is 18.4 Å². The van der Waals surface area contributed by atoms with Crippen LogP contribution in [0.5, 0.6) is 0 Å². The summed E-state index contributed by atoms with van der Waals surface area (Å²) < 4.78 is 10.3. The zero-order chi connectivity index (χ0) is 18.7. The summed E-state index contributed by atoms with van der Waals surface area (Å²) in [5, 5.41) is 11.7. The van der Waals surface area contributed by atoms with Crippen molar-refractivity contribution in [3.05, 3.63) is 59.7 Å². The second-order valence-electron chi connectivity index (χ2n) is 6.52. The molecule has 0 heterocycles. The predicted molar refractivity (Wildman–Crippen MR) is 96.1 cm³/mol. The highest BCUT2D eigenvalue weighted by Gasteiger charge is 2.36. The first-order valence-electron chi connectivity index (χ1n) is 8.32.